The molecule has 1 aromatic carbocycles. The zero-order valence-corrected chi connectivity index (χ0v) is 9.44. The van der Waals surface area contributed by atoms with Crippen LogP contribution in [-0.4, -0.2) is 7.11 Å². The second-order valence-corrected chi connectivity index (χ2v) is 3.65. The van der Waals surface area contributed by atoms with E-state index in [1.165, 1.54) is 0 Å². The molecule has 1 unspecified atom stereocenters. The fourth-order valence-electron chi connectivity index (χ4n) is 1.81. The number of hydrogen-bond acceptors (Lipinski definition) is 3. The van der Waals surface area contributed by atoms with E-state index in [1.807, 2.05) is 37.3 Å². The Morgan fingerprint density at radius 1 is 1.19 bits per heavy atom. The molecule has 0 bridgehead atoms. The van der Waals surface area contributed by atoms with E-state index < -0.39 is 0 Å². The van der Waals surface area contributed by atoms with Gasteiger partial charge in [-0.1, -0.05) is 18.2 Å². The first-order chi connectivity index (χ1) is 7.74. The summed E-state index contributed by atoms with van der Waals surface area (Å²) in [4.78, 5) is 0. The van der Waals surface area contributed by atoms with Gasteiger partial charge in [-0.3, -0.25) is 0 Å². The van der Waals surface area contributed by atoms with Gasteiger partial charge in [-0.15, -0.1) is 0 Å². The number of benzene rings is 1. The SMILES string of the molecule is COc1ccccc1C(N)c1ccoc1C. The first-order valence-electron chi connectivity index (χ1n) is 5.16. The summed E-state index contributed by atoms with van der Waals surface area (Å²) in [7, 11) is 1.65. The van der Waals surface area contributed by atoms with Gasteiger partial charge in [0.05, 0.1) is 19.4 Å². The van der Waals surface area contributed by atoms with Crippen LogP contribution in [0.2, 0.25) is 0 Å². The van der Waals surface area contributed by atoms with Crippen LogP contribution in [0.5, 0.6) is 5.75 Å². The van der Waals surface area contributed by atoms with Gasteiger partial charge < -0.3 is 14.9 Å². The summed E-state index contributed by atoms with van der Waals surface area (Å²) in [5, 5.41) is 0. The zero-order chi connectivity index (χ0) is 11.5. The van der Waals surface area contributed by atoms with Crippen molar-refractivity contribution in [3.05, 3.63) is 53.5 Å². The molecule has 0 spiro atoms. The molecule has 0 aliphatic carbocycles. The highest BCUT2D eigenvalue weighted by molar-refractivity contribution is 5.41. The van der Waals surface area contributed by atoms with E-state index >= 15 is 0 Å². The molecule has 1 heterocycles. The molecule has 0 fully saturated rings. The molecule has 0 radical (unpaired) electrons. The third-order valence-electron chi connectivity index (χ3n) is 2.71. The highest BCUT2D eigenvalue weighted by Gasteiger charge is 2.16. The van der Waals surface area contributed by atoms with E-state index in [9.17, 15) is 0 Å². The summed E-state index contributed by atoms with van der Waals surface area (Å²) in [6.45, 7) is 1.91. The Labute approximate surface area is 94.8 Å². The van der Waals surface area contributed by atoms with Gasteiger partial charge >= 0.3 is 0 Å². The predicted octanol–water partition coefficient (Wildman–Crippen LogP) is 2.64. The Hall–Kier alpha value is -1.74. The second-order valence-electron chi connectivity index (χ2n) is 3.65. The molecule has 0 saturated carbocycles. The van der Waals surface area contributed by atoms with Crippen LogP contribution in [0.3, 0.4) is 0 Å². The van der Waals surface area contributed by atoms with Gasteiger partial charge in [0.2, 0.25) is 0 Å². The van der Waals surface area contributed by atoms with Crippen LogP contribution in [-0.2, 0) is 0 Å². The molecule has 3 heteroatoms. The Morgan fingerprint density at radius 2 is 1.94 bits per heavy atom. The highest BCUT2D eigenvalue weighted by Crippen LogP contribution is 2.29. The summed E-state index contributed by atoms with van der Waals surface area (Å²) in [5.74, 6) is 1.65. The van der Waals surface area contributed by atoms with Crippen molar-refractivity contribution in [2.24, 2.45) is 5.73 Å². The lowest BCUT2D eigenvalue weighted by Gasteiger charge is -2.14. The number of hydrogen-bond donors (Lipinski definition) is 1. The van der Waals surface area contributed by atoms with Crippen LogP contribution in [0.1, 0.15) is 22.9 Å². The number of methoxy groups -OCH3 is 1. The van der Waals surface area contributed by atoms with E-state index in [0.29, 0.717) is 0 Å². The van der Waals surface area contributed by atoms with Crippen molar-refractivity contribution in [1.29, 1.82) is 0 Å². The minimum absolute atomic E-state index is 0.213. The molecule has 1 aromatic heterocycles. The largest absolute Gasteiger partial charge is 0.496 e. The predicted molar refractivity (Wildman–Crippen MR) is 62.5 cm³/mol. The fourth-order valence-corrected chi connectivity index (χ4v) is 1.81. The van der Waals surface area contributed by atoms with Crippen molar-refractivity contribution in [2.45, 2.75) is 13.0 Å². The number of nitrogens with two attached hydrogens (primary N) is 1. The minimum Gasteiger partial charge on any atom is -0.496 e. The summed E-state index contributed by atoms with van der Waals surface area (Å²) in [5.41, 5.74) is 8.16. The van der Waals surface area contributed by atoms with Crippen LogP contribution >= 0.6 is 0 Å². The molecule has 3 nitrogen and oxygen atoms in total. The molecular formula is C13H15NO2. The molecule has 0 amide bonds. The zero-order valence-electron chi connectivity index (χ0n) is 9.44. The van der Waals surface area contributed by atoms with Gasteiger partial charge in [0.25, 0.3) is 0 Å². The van der Waals surface area contributed by atoms with Crippen molar-refractivity contribution in [3.8, 4) is 5.75 Å². The third-order valence-corrected chi connectivity index (χ3v) is 2.71. The molecule has 2 N–H and O–H groups in total. The number of para-hydroxylation sites is 1. The monoisotopic (exact) mass is 217 g/mol. The van der Waals surface area contributed by atoms with E-state index in [4.69, 9.17) is 14.9 Å². The van der Waals surface area contributed by atoms with Gasteiger partial charge in [0, 0.05) is 11.1 Å². The summed E-state index contributed by atoms with van der Waals surface area (Å²) < 4.78 is 10.6. The second kappa shape index (κ2) is 4.41. The Bertz CT molecular complexity index is 476. The lowest BCUT2D eigenvalue weighted by molar-refractivity contribution is 0.407. The van der Waals surface area contributed by atoms with Crippen LogP contribution < -0.4 is 10.5 Å². The topological polar surface area (TPSA) is 48.4 Å². The number of rotatable bonds is 3. The molecule has 0 aliphatic heterocycles. The smallest absolute Gasteiger partial charge is 0.123 e. The summed E-state index contributed by atoms with van der Waals surface area (Å²) in [6.07, 6.45) is 1.65. The van der Waals surface area contributed by atoms with Crippen molar-refractivity contribution < 1.29 is 9.15 Å². The molecule has 2 rings (SSSR count). The van der Waals surface area contributed by atoms with E-state index in [0.717, 1.165) is 22.6 Å². The van der Waals surface area contributed by atoms with Crippen LogP contribution in [0.25, 0.3) is 0 Å². The van der Waals surface area contributed by atoms with Gasteiger partial charge in [0.15, 0.2) is 0 Å². The van der Waals surface area contributed by atoms with Gasteiger partial charge in [-0.05, 0) is 19.1 Å². The molecule has 0 aliphatic rings. The van der Waals surface area contributed by atoms with E-state index in [-0.39, 0.29) is 6.04 Å². The molecule has 16 heavy (non-hydrogen) atoms. The van der Waals surface area contributed by atoms with Crippen molar-refractivity contribution in [2.75, 3.05) is 7.11 Å². The Kier molecular flexibility index (Phi) is 2.97. The number of aryl methyl sites for hydroxylation is 1. The van der Waals surface area contributed by atoms with Crippen LogP contribution in [0.4, 0.5) is 0 Å². The lowest BCUT2D eigenvalue weighted by atomic mass is 9.99. The van der Waals surface area contributed by atoms with Crippen LogP contribution in [0, 0.1) is 6.92 Å². The van der Waals surface area contributed by atoms with Crippen molar-refractivity contribution in [1.82, 2.24) is 0 Å². The normalized spacial score (nSPS) is 12.4. The van der Waals surface area contributed by atoms with Gasteiger partial charge in [0.1, 0.15) is 11.5 Å². The average Bonchev–Trinajstić information content (AvgIpc) is 2.74. The van der Waals surface area contributed by atoms with E-state index in [2.05, 4.69) is 0 Å². The quantitative estimate of drug-likeness (QED) is 0.859. The minimum atomic E-state index is -0.213. The molecule has 2 aromatic rings. The molecular weight excluding hydrogens is 202 g/mol. The number of furan rings is 1. The first kappa shape index (κ1) is 10.8. The molecule has 0 saturated heterocycles. The van der Waals surface area contributed by atoms with Gasteiger partial charge in [-0.25, -0.2) is 0 Å². The first-order valence-corrected chi connectivity index (χ1v) is 5.16. The van der Waals surface area contributed by atoms with Gasteiger partial charge in [-0.2, -0.15) is 0 Å². The summed E-state index contributed by atoms with van der Waals surface area (Å²) >= 11 is 0. The van der Waals surface area contributed by atoms with Crippen LogP contribution in [0.15, 0.2) is 41.0 Å². The highest BCUT2D eigenvalue weighted by atomic mass is 16.5. The maximum absolute atomic E-state index is 6.20. The Balaban J connectivity index is 2.41. The molecule has 1 atom stereocenters. The van der Waals surface area contributed by atoms with Crippen molar-refractivity contribution >= 4 is 0 Å². The maximum atomic E-state index is 6.20. The molecule has 84 valence electrons. The maximum Gasteiger partial charge on any atom is 0.123 e. The standard InChI is InChI=1S/C13H15NO2/c1-9-10(7-8-16-9)13(14)11-5-3-4-6-12(11)15-2/h3-8,13H,14H2,1-2H3. The summed E-state index contributed by atoms with van der Waals surface area (Å²) in [6, 6.07) is 9.44. The fraction of sp³-hybridized carbons (Fsp3) is 0.231. The van der Waals surface area contributed by atoms with E-state index in [1.54, 1.807) is 13.4 Å². The number of ether oxygens (including phenoxy) is 1. The lowest BCUT2D eigenvalue weighted by Crippen LogP contribution is -2.13. The van der Waals surface area contributed by atoms with Crippen molar-refractivity contribution in [3.63, 3.8) is 0 Å². The Morgan fingerprint density at radius 3 is 2.56 bits per heavy atom. The third kappa shape index (κ3) is 1.82. The average molecular weight is 217 g/mol.